The van der Waals surface area contributed by atoms with Gasteiger partial charge in [-0.2, -0.15) is 0 Å². The van der Waals surface area contributed by atoms with E-state index in [-0.39, 0.29) is 25.2 Å². The van der Waals surface area contributed by atoms with Crippen molar-refractivity contribution in [3.8, 4) is 11.1 Å². The molecule has 7 nitrogen and oxygen atoms in total. The predicted octanol–water partition coefficient (Wildman–Crippen LogP) is 3.40. The van der Waals surface area contributed by atoms with Crippen LogP contribution >= 0.6 is 0 Å². The molecule has 2 aromatic rings. The average Bonchev–Trinajstić information content (AvgIpc) is 3.38. The fourth-order valence-corrected chi connectivity index (χ4v) is 6.76. The standard InChI is InChI=1S/C26H27NO6/c28-16-24-14-25(15-24,22(29)30)26(33-24)9-11-27(12-10-26)23(31)32-13-21-19-7-3-1-5-17(19)18-6-2-4-8-20(18)21/h1-8,21,28H,9-16H2,(H,29,30). The number of carboxylic acid groups (broad SMARTS) is 1. The highest BCUT2D eigenvalue weighted by atomic mass is 16.6. The molecule has 1 saturated carbocycles. The van der Waals surface area contributed by atoms with Crippen LogP contribution in [0, 0.1) is 5.41 Å². The molecule has 0 unspecified atom stereocenters. The molecule has 1 amide bonds. The first kappa shape index (κ1) is 20.7. The zero-order chi connectivity index (χ0) is 22.8. The summed E-state index contributed by atoms with van der Waals surface area (Å²) in [6, 6.07) is 16.4. The SMILES string of the molecule is O=C(OCC1c2ccccc2-c2ccccc21)N1CCC2(CC1)OC1(CO)CC2(C(=O)O)C1. The summed E-state index contributed by atoms with van der Waals surface area (Å²) in [6.45, 7) is 0.859. The first-order valence-electron chi connectivity index (χ1n) is 11.6. The first-order valence-corrected chi connectivity index (χ1v) is 11.6. The molecule has 3 saturated heterocycles. The molecule has 5 aliphatic rings. The van der Waals surface area contributed by atoms with Crippen molar-refractivity contribution in [1.29, 1.82) is 0 Å². The number of aliphatic hydroxyl groups is 1. The molecule has 0 radical (unpaired) electrons. The summed E-state index contributed by atoms with van der Waals surface area (Å²) in [6.07, 6.45) is 1.18. The van der Waals surface area contributed by atoms with Gasteiger partial charge >= 0.3 is 12.1 Å². The minimum Gasteiger partial charge on any atom is -0.481 e. The highest BCUT2D eigenvalue weighted by Gasteiger charge is 2.78. The molecule has 4 fully saturated rings. The van der Waals surface area contributed by atoms with Gasteiger partial charge in [-0.25, -0.2) is 4.79 Å². The van der Waals surface area contributed by atoms with Crippen LogP contribution in [0.5, 0.6) is 0 Å². The Hall–Kier alpha value is -2.90. The van der Waals surface area contributed by atoms with Gasteiger partial charge < -0.3 is 24.6 Å². The van der Waals surface area contributed by atoms with Crippen LogP contribution in [0.15, 0.2) is 48.5 Å². The molecule has 1 spiro atoms. The number of nitrogens with zero attached hydrogens (tertiary/aromatic N) is 1. The van der Waals surface area contributed by atoms with Gasteiger partial charge in [0.2, 0.25) is 0 Å². The van der Waals surface area contributed by atoms with Crippen molar-refractivity contribution in [1.82, 2.24) is 4.90 Å². The lowest BCUT2D eigenvalue weighted by Gasteiger charge is -2.46. The topological polar surface area (TPSA) is 96.3 Å². The van der Waals surface area contributed by atoms with Crippen LogP contribution in [-0.2, 0) is 14.3 Å². The summed E-state index contributed by atoms with van der Waals surface area (Å²) in [5.74, 6) is -0.860. The molecule has 2 bridgehead atoms. The lowest BCUT2D eigenvalue weighted by Crippen LogP contribution is -2.58. The maximum absolute atomic E-state index is 12.9. The summed E-state index contributed by atoms with van der Waals surface area (Å²) in [7, 11) is 0. The number of aliphatic carboxylic acids is 1. The number of hydrogen-bond acceptors (Lipinski definition) is 5. The Bertz CT molecular complexity index is 1080. The number of hydrogen-bond donors (Lipinski definition) is 2. The summed E-state index contributed by atoms with van der Waals surface area (Å²) in [4.78, 5) is 26.7. The number of likely N-dealkylation sites (tertiary alicyclic amines) is 1. The molecule has 3 aliphatic heterocycles. The zero-order valence-electron chi connectivity index (χ0n) is 18.3. The minimum absolute atomic E-state index is 0.00237. The highest BCUT2D eigenvalue weighted by Crippen LogP contribution is 2.69. The second kappa shape index (κ2) is 7.05. The van der Waals surface area contributed by atoms with E-state index in [0.717, 1.165) is 0 Å². The number of benzene rings is 2. The van der Waals surface area contributed by atoms with E-state index in [1.165, 1.54) is 22.3 Å². The number of carbonyl (C=O) groups excluding carboxylic acids is 1. The van der Waals surface area contributed by atoms with E-state index in [2.05, 4.69) is 24.3 Å². The second-order valence-electron chi connectivity index (χ2n) is 9.97. The number of fused-ring (bicyclic) bond motifs is 3. The molecule has 0 atom stereocenters. The van der Waals surface area contributed by atoms with E-state index in [1.807, 2.05) is 24.3 Å². The smallest absolute Gasteiger partial charge is 0.409 e. The third-order valence-electron chi connectivity index (χ3n) is 8.39. The van der Waals surface area contributed by atoms with Crippen LogP contribution in [-0.4, -0.2) is 64.7 Å². The van der Waals surface area contributed by atoms with E-state index in [1.54, 1.807) is 4.90 Å². The number of ether oxygens (including phenoxy) is 2. The van der Waals surface area contributed by atoms with Crippen molar-refractivity contribution in [2.45, 2.75) is 42.8 Å². The Morgan fingerprint density at radius 2 is 1.58 bits per heavy atom. The second-order valence-corrected chi connectivity index (χ2v) is 9.97. The lowest BCUT2D eigenvalue weighted by molar-refractivity contribution is -0.160. The van der Waals surface area contributed by atoms with Gasteiger partial charge in [0.05, 0.1) is 17.8 Å². The van der Waals surface area contributed by atoms with Gasteiger partial charge in [-0.05, 0) is 47.9 Å². The van der Waals surface area contributed by atoms with E-state index < -0.39 is 22.6 Å². The van der Waals surface area contributed by atoms with Gasteiger partial charge in [0.25, 0.3) is 0 Å². The number of rotatable bonds is 4. The van der Waals surface area contributed by atoms with Gasteiger partial charge in [0.1, 0.15) is 12.0 Å². The molecule has 2 N–H and O–H groups in total. The maximum atomic E-state index is 12.9. The van der Waals surface area contributed by atoms with Gasteiger partial charge in [-0.3, -0.25) is 4.79 Å². The Morgan fingerprint density at radius 3 is 2.12 bits per heavy atom. The number of carbonyl (C=O) groups is 2. The molecule has 3 heterocycles. The van der Waals surface area contributed by atoms with Crippen LogP contribution in [0.2, 0.25) is 0 Å². The van der Waals surface area contributed by atoms with Crippen LogP contribution < -0.4 is 0 Å². The quantitative estimate of drug-likeness (QED) is 0.743. The number of aliphatic hydroxyl groups excluding tert-OH is 1. The lowest BCUT2D eigenvalue weighted by atomic mass is 9.54. The highest BCUT2D eigenvalue weighted by molar-refractivity contribution is 5.80. The Morgan fingerprint density at radius 1 is 1.00 bits per heavy atom. The summed E-state index contributed by atoms with van der Waals surface area (Å²) in [5.41, 5.74) is 2.20. The van der Waals surface area contributed by atoms with Gasteiger partial charge in [0, 0.05) is 19.0 Å². The molecule has 2 aromatic carbocycles. The zero-order valence-corrected chi connectivity index (χ0v) is 18.3. The fraction of sp³-hybridized carbons (Fsp3) is 0.462. The van der Waals surface area contributed by atoms with Crippen LogP contribution in [0.1, 0.15) is 42.7 Å². The molecular weight excluding hydrogens is 422 g/mol. The monoisotopic (exact) mass is 449 g/mol. The van der Waals surface area contributed by atoms with Crippen molar-refractivity contribution in [2.24, 2.45) is 5.41 Å². The Labute approximate surface area is 191 Å². The largest absolute Gasteiger partial charge is 0.481 e. The van der Waals surface area contributed by atoms with E-state index in [0.29, 0.717) is 38.8 Å². The normalized spacial score (nSPS) is 28.8. The molecule has 7 rings (SSSR count). The third-order valence-corrected chi connectivity index (χ3v) is 8.39. The molecule has 2 aliphatic carbocycles. The Balaban J connectivity index is 1.13. The van der Waals surface area contributed by atoms with Crippen molar-refractivity contribution in [3.05, 3.63) is 59.7 Å². The molecule has 7 heteroatoms. The molecule has 0 aromatic heterocycles. The molecule has 33 heavy (non-hydrogen) atoms. The average molecular weight is 450 g/mol. The van der Waals surface area contributed by atoms with Crippen molar-refractivity contribution in [2.75, 3.05) is 26.3 Å². The first-order chi connectivity index (χ1) is 15.9. The summed E-state index contributed by atoms with van der Waals surface area (Å²) < 4.78 is 12.0. The third kappa shape index (κ3) is 2.75. The van der Waals surface area contributed by atoms with Gasteiger partial charge in [-0.1, -0.05) is 48.5 Å². The molecular formula is C26H27NO6. The van der Waals surface area contributed by atoms with Crippen molar-refractivity contribution < 1.29 is 29.3 Å². The Kier molecular flexibility index (Phi) is 4.42. The molecule has 172 valence electrons. The van der Waals surface area contributed by atoms with E-state index in [4.69, 9.17) is 9.47 Å². The van der Waals surface area contributed by atoms with E-state index >= 15 is 0 Å². The van der Waals surface area contributed by atoms with E-state index in [9.17, 15) is 19.8 Å². The van der Waals surface area contributed by atoms with Gasteiger partial charge in [-0.15, -0.1) is 0 Å². The van der Waals surface area contributed by atoms with Crippen LogP contribution in [0.4, 0.5) is 4.79 Å². The van der Waals surface area contributed by atoms with Gasteiger partial charge in [0.15, 0.2) is 0 Å². The minimum atomic E-state index is -0.955. The van der Waals surface area contributed by atoms with Crippen LogP contribution in [0.25, 0.3) is 11.1 Å². The number of piperidine rings is 1. The van der Waals surface area contributed by atoms with Crippen LogP contribution in [0.3, 0.4) is 0 Å². The number of carboxylic acids is 1. The van der Waals surface area contributed by atoms with Crippen molar-refractivity contribution >= 4 is 12.1 Å². The maximum Gasteiger partial charge on any atom is 0.409 e. The number of amides is 1. The fourth-order valence-electron chi connectivity index (χ4n) is 6.76. The summed E-state index contributed by atoms with van der Waals surface area (Å²) >= 11 is 0. The predicted molar refractivity (Wildman–Crippen MR) is 119 cm³/mol. The van der Waals surface area contributed by atoms with Crippen molar-refractivity contribution in [3.63, 3.8) is 0 Å². The summed E-state index contributed by atoms with van der Waals surface area (Å²) in [5, 5.41) is 19.6.